The molecule has 0 heterocycles. The van der Waals surface area contributed by atoms with Gasteiger partial charge in [-0.3, -0.25) is 4.79 Å². The van der Waals surface area contributed by atoms with Crippen LogP contribution in [0.15, 0.2) is 0 Å². The SMILES string of the molecule is CCC1([C]=O)CC1. The van der Waals surface area contributed by atoms with Crippen LogP contribution in [0.1, 0.15) is 26.2 Å². The summed E-state index contributed by atoms with van der Waals surface area (Å²) in [5, 5.41) is 0. The standard InChI is InChI=1S/C6H9O/c1-2-6(5-7)3-4-6/h2-4H2,1H3. The molecule has 1 rings (SSSR count). The Kier molecular flexibility index (Phi) is 0.911. The van der Waals surface area contributed by atoms with E-state index in [-0.39, 0.29) is 5.41 Å². The van der Waals surface area contributed by atoms with Crippen LogP contribution in [-0.4, -0.2) is 6.29 Å². The van der Waals surface area contributed by atoms with Gasteiger partial charge in [-0.1, -0.05) is 6.92 Å². The van der Waals surface area contributed by atoms with E-state index in [0.717, 1.165) is 19.3 Å². The fourth-order valence-electron chi connectivity index (χ4n) is 0.679. The van der Waals surface area contributed by atoms with Gasteiger partial charge in [0, 0.05) is 5.41 Å². The van der Waals surface area contributed by atoms with Crippen molar-refractivity contribution >= 4 is 6.29 Å². The first-order valence-electron chi connectivity index (χ1n) is 2.72. The zero-order chi connectivity index (χ0) is 5.33. The number of carbonyl (C=O) groups excluding carboxylic acids is 1. The molecule has 0 aliphatic heterocycles. The van der Waals surface area contributed by atoms with Crippen LogP contribution in [0, 0.1) is 5.41 Å². The predicted molar refractivity (Wildman–Crippen MR) is 27.7 cm³/mol. The summed E-state index contributed by atoms with van der Waals surface area (Å²) in [5.41, 5.74) is 0.0278. The molecule has 1 heteroatoms. The van der Waals surface area contributed by atoms with Gasteiger partial charge >= 0.3 is 0 Å². The smallest absolute Gasteiger partial charge is 0.205 e. The van der Waals surface area contributed by atoms with Gasteiger partial charge < -0.3 is 0 Å². The van der Waals surface area contributed by atoms with Gasteiger partial charge in [0.15, 0.2) is 0 Å². The third-order valence-electron chi connectivity index (χ3n) is 1.75. The molecule has 0 atom stereocenters. The summed E-state index contributed by atoms with van der Waals surface area (Å²) in [6.07, 6.45) is 5.19. The molecule has 0 aromatic carbocycles. The van der Waals surface area contributed by atoms with Crippen molar-refractivity contribution < 1.29 is 4.79 Å². The van der Waals surface area contributed by atoms with Crippen LogP contribution >= 0.6 is 0 Å². The molecule has 1 radical (unpaired) electrons. The quantitative estimate of drug-likeness (QED) is 0.507. The molecule has 1 fully saturated rings. The molecule has 1 aliphatic carbocycles. The molecule has 1 nitrogen and oxygen atoms in total. The van der Waals surface area contributed by atoms with Gasteiger partial charge in [-0.2, -0.15) is 0 Å². The van der Waals surface area contributed by atoms with Gasteiger partial charge in [-0.15, -0.1) is 0 Å². The molecule has 1 saturated carbocycles. The molecule has 39 valence electrons. The summed E-state index contributed by atoms with van der Waals surface area (Å²) >= 11 is 0. The van der Waals surface area contributed by atoms with E-state index in [2.05, 4.69) is 6.29 Å². The largest absolute Gasteiger partial charge is 0.290 e. The Bertz CT molecular complexity index is 82.2. The summed E-state index contributed by atoms with van der Waals surface area (Å²) in [4.78, 5) is 10.00. The van der Waals surface area contributed by atoms with E-state index in [0.29, 0.717) is 0 Å². The van der Waals surface area contributed by atoms with Gasteiger partial charge in [0.2, 0.25) is 6.29 Å². The highest BCUT2D eigenvalue weighted by atomic mass is 16.1. The predicted octanol–water partition coefficient (Wildman–Crippen LogP) is 1.29. The fraction of sp³-hybridized carbons (Fsp3) is 0.833. The second kappa shape index (κ2) is 1.32. The summed E-state index contributed by atoms with van der Waals surface area (Å²) < 4.78 is 0. The van der Waals surface area contributed by atoms with Crippen LogP contribution in [0.25, 0.3) is 0 Å². The van der Waals surface area contributed by atoms with Crippen molar-refractivity contribution in [3.8, 4) is 0 Å². The Morgan fingerprint density at radius 1 is 1.71 bits per heavy atom. The van der Waals surface area contributed by atoms with Gasteiger partial charge in [-0.05, 0) is 19.3 Å². The van der Waals surface area contributed by atoms with E-state index in [1.54, 1.807) is 0 Å². The topological polar surface area (TPSA) is 17.1 Å². The van der Waals surface area contributed by atoms with E-state index in [9.17, 15) is 4.79 Å². The Morgan fingerprint density at radius 3 is 2.29 bits per heavy atom. The van der Waals surface area contributed by atoms with Crippen molar-refractivity contribution in [1.82, 2.24) is 0 Å². The van der Waals surface area contributed by atoms with Crippen LogP contribution in [0.3, 0.4) is 0 Å². The second-order valence-corrected chi connectivity index (χ2v) is 2.24. The first kappa shape index (κ1) is 4.82. The fourth-order valence-corrected chi connectivity index (χ4v) is 0.679. The second-order valence-electron chi connectivity index (χ2n) is 2.24. The van der Waals surface area contributed by atoms with Crippen molar-refractivity contribution in [2.75, 3.05) is 0 Å². The summed E-state index contributed by atoms with van der Waals surface area (Å²) in [6, 6.07) is 0. The lowest BCUT2D eigenvalue weighted by Crippen LogP contribution is -1.96. The average Bonchev–Trinajstić information content (AvgIpc) is 2.46. The van der Waals surface area contributed by atoms with Gasteiger partial charge in [0.1, 0.15) is 0 Å². The van der Waals surface area contributed by atoms with Crippen molar-refractivity contribution in [3.05, 3.63) is 0 Å². The summed E-state index contributed by atoms with van der Waals surface area (Å²) in [5.74, 6) is 0. The first-order chi connectivity index (χ1) is 3.33. The normalized spacial score (nSPS) is 24.1. The molecule has 7 heavy (non-hydrogen) atoms. The van der Waals surface area contributed by atoms with Crippen LogP contribution in [0.4, 0.5) is 0 Å². The Labute approximate surface area is 43.7 Å². The van der Waals surface area contributed by atoms with Crippen molar-refractivity contribution in [2.45, 2.75) is 26.2 Å². The Hall–Kier alpha value is -0.330. The van der Waals surface area contributed by atoms with Gasteiger partial charge in [0.05, 0.1) is 0 Å². The number of hydrogen-bond acceptors (Lipinski definition) is 1. The van der Waals surface area contributed by atoms with Crippen LogP contribution in [0.2, 0.25) is 0 Å². The molecule has 0 spiro atoms. The highest BCUT2D eigenvalue weighted by molar-refractivity contribution is 5.63. The number of rotatable bonds is 2. The molecule has 0 aromatic rings. The zero-order valence-corrected chi connectivity index (χ0v) is 4.53. The van der Waals surface area contributed by atoms with E-state index in [1.165, 1.54) is 0 Å². The van der Waals surface area contributed by atoms with E-state index >= 15 is 0 Å². The molecule has 0 aromatic heterocycles. The third-order valence-corrected chi connectivity index (χ3v) is 1.75. The van der Waals surface area contributed by atoms with E-state index in [4.69, 9.17) is 0 Å². The lowest BCUT2D eigenvalue weighted by molar-refractivity contribution is 0.508. The van der Waals surface area contributed by atoms with E-state index < -0.39 is 0 Å². The molecular formula is C6H9O. The van der Waals surface area contributed by atoms with Gasteiger partial charge in [-0.25, -0.2) is 0 Å². The minimum Gasteiger partial charge on any atom is -0.290 e. The van der Waals surface area contributed by atoms with Crippen molar-refractivity contribution in [2.24, 2.45) is 5.41 Å². The molecule has 0 bridgehead atoms. The molecular weight excluding hydrogens is 88.1 g/mol. The lowest BCUT2D eigenvalue weighted by atomic mass is 10.1. The maximum absolute atomic E-state index is 10.00. The zero-order valence-electron chi connectivity index (χ0n) is 4.53. The third kappa shape index (κ3) is 0.671. The maximum atomic E-state index is 10.00. The Balaban J connectivity index is 2.42. The Morgan fingerprint density at radius 2 is 2.29 bits per heavy atom. The van der Waals surface area contributed by atoms with Crippen LogP contribution in [-0.2, 0) is 4.79 Å². The maximum Gasteiger partial charge on any atom is 0.205 e. The summed E-state index contributed by atoms with van der Waals surface area (Å²) in [6.45, 7) is 2.04. The highest BCUT2D eigenvalue weighted by Gasteiger charge is 2.41. The van der Waals surface area contributed by atoms with Crippen LogP contribution < -0.4 is 0 Å². The lowest BCUT2D eigenvalue weighted by Gasteiger charge is -1.93. The van der Waals surface area contributed by atoms with Crippen molar-refractivity contribution in [3.63, 3.8) is 0 Å². The van der Waals surface area contributed by atoms with Crippen molar-refractivity contribution in [1.29, 1.82) is 0 Å². The average molecular weight is 97.1 g/mol. The highest BCUT2D eigenvalue weighted by Crippen LogP contribution is 2.46. The summed E-state index contributed by atoms with van der Waals surface area (Å²) in [7, 11) is 0. The van der Waals surface area contributed by atoms with E-state index in [1.807, 2.05) is 6.92 Å². The molecule has 1 aliphatic rings. The molecule has 0 amide bonds. The number of hydrogen-bond donors (Lipinski definition) is 0. The minimum absolute atomic E-state index is 0.0278. The monoisotopic (exact) mass is 97.1 g/mol. The molecule has 0 N–H and O–H groups in total. The van der Waals surface area contributed by atoms with Crippen LogP contribution in [0.5, 0.6) is 0 Å². The van der Waals surface area contributed by atoms with Gasteiger partial charge in [0.25, 0.3) is 0 Å². The molecule has 0 saturated heterocycles. The molecule has 0 unspecified atom stereocenters. The first-order valence-corrected chi connectivity index (χ1v) is 2.72. The minimum atomic E-state index is 0.0278.